The molecule has 3 nitrogen and oxygen atoms in total. The minimum atomic E-state index is 0.136. The van der Waals surface area contributed by atoms with Crippen LogP contribution in [0.4, 0.5) is 0 Å². The minimum absolute atomic E-state index is 0.136. The highest BCUT2D eigenvalue weighted by atomic mass is 16.5. The number of amides is 1. The number of carbonyl (C=O) groups excluding carboxylic acids is 1. The van der Waals surface area contributed by atoms with Gasteiger partial charge in [0.2, 0.25) is 0 Å². The average Bonchev–Trinajstić information content (AvgIpc) is 2.97. The van der Waals surface area contributed by atoms with Gasteiger partial charge in [0.25, 0.3) is 5.91 Å². The molecule has 20 heavy (non-hydrogen) atoms. The molecule has 3 heteroatoms. The molecular weight excluding hydrogens is 250 g/mol. The maximum atomic E-state index is 12.4. The van der Waals surface area contributed by atoms with Crippen LogP contribution in [-0.2, 0) is 11.2 Å². The molecule has 2 rings (SSSR count). The summed E-state index contributed by atoms with van der Waals surface area (Å²) in [5, 5.41) is 0. The molecule has 1 amide bonds. The summed E-state index contributed by atoms with van der Waals surface area (Å²) in [6, 6.07) is 8.18. The van der Waals surface area contributed by atoms with Gasteiger partial charge in [-0.15, -0.1) is 0 Å². The Morgan fingerprint density at radius 2 is 1.95 bits per heavy atom. The lowest BCUT2D eigenvalue weighted by atomic mass is 10.1. The van der Waals surface area contributed by atoms with Crippen LogP contribution in [0.1, 0.15) is 49.5 Å². The number of benzene rings is 1. The molecule has 0 aromatic heterocycles. The van der Waals surface area contributed by atoms with Gasteiger partial charge < -0.3 is 9.64 Å². The summed E-state index contributed by atoms with van der Waals surface area (Å²) in [6.07, 6.45) is 3.13. The molecule has 1 aromatic carbocycles. The number of aryl methyl sites for hydroxylation is 1. The third-order valence-corrected chi connectivity index (χ3v) is 3.61. The van der Waals surface area contributed by atoms with E-state index in [1.807, 2.05) is 43.0 Å². The van der Waals surface area contributed by atoms with E-state index in [9.17, 15) is 4.79 Å². The quantitative estimate of drug-likeness (QED) is 0.842. The van der Waals surface area contributed by atoms with Crippen LogP contribution in [-0.4, -0.2) is 37.1 Å². The third-order valence-electron chi connectivity index (χ3n) is 3.61. The Bertz CT molecular complexity index is 400. The largest absolute Gasteiger partial charge is 0.383 e. The van der Waals surface area contributed by atoms with Gasteiger partial charge in [-0.3, -0.25) is 4.79 Å². The van der Waals surface area contributed by atoms with Crippen LogP contribution in [0, 0.1) is 0 Å². The van der Waals surface area contributed by atoms with E-state index in [0.717, 1.165) is 31.4 Å². The predicted octanol–water partition coefficient (Wildman–Crippen LogP) is 3.53. The first-order chi connectivity index (χ1) is 9.76. The fourth-order valence-corrected chi connectivity index (χ4v) is 2.52. The standard InChI is InChI=1S/C15H21NO2.C2H6/c1-3-12-6-8-13(9-7-12)15(17)16-10-4-5-14(16)11-18-2;1-2/h6-9,14H,3-5,10-11H2,1-2H3;1-2H3. The third kappa shape index (κ3) is 4.07. The van der Waals surface area contributed by atoms with Crippen LogP contribution < -0.4 is 0 Å². The van der Waals surface area contributed by atoms with Gasteiger partial charge in [-0.2, -0.15) is 0 Å². The van der Waals surface area contributed by atoms with Crippen molar-refractivity contribution in [2.24, 2.45) is 0 Å². The van der Waals surface area contributed by atoms with E-state index >= 15 is 0 Å². The van der Waals surface area contributed by atoms with E-state index in [4.69, 9.17) is 4.74 Å². The van der Waals surface area contributed by atoms with E-state index in [1.165, 1.54) is 5.56 Å². The highest BCUT2D eigenvalue weighted by Gasteiger charge is 2.29. The van der Waals surface area contributed by atoms with E-state index < -0.39 is 0 Å². The summed E-state index contributed by atoms with van der Waals surface area (Å²) in [6.45, 7) is 7.60. The zero-order chi connectivity index (χ0) is 15.0. The first-order valence-electron chi connectivity index (χ1n) is 7.65. The van der Waals surface area contributed by atoms with Crippen LogP contribution in [0.2, 0.25) is 0 Å². The van der Waals surface area contributed by atoms with Gasteiger partial charge in [0.1, 0.15) is 0 Å². The van der Waals surface area contributed by atoms with Crippen molar-refractivity contribution >= 4 is 5.91 Å². The van der Waals surface area contributed by atoms with E-state index in [1.54, 1.807) is 7.11 Å². The lowest BCUT2D eigenvalue weighted by molar-refractivity contribution is 0.0630. The van der Waals surface area contributed by atoms with Crippen molar-refractivity contribution in [3.8, 4) is 0 Å². The Hall–Kier alpha value is -1.35. The molecule has 1 aromatic rings. The topological polar surface area (TPSA) is 29.5 Å². The molecule has 1 fully saturated rings. The van der Waals surface area contributed by atoms with Crippen molar-refractivity contribution in [2.75, 3.05) is 20.3 Å². The Morgan fingerprint density at radius 1 is 1.30 bits per heavy atom. The lowest BCUT2D eigenvalue weighted by Crippen LogP contribution is -2.38. The molecule has 0 N–H and O–H groups in total. The summed E-state index contributed by atoms with van der Waals surface area (Å²) in [4.78, 5) is 14.4. The number of hydrogen-bond donors (Lipinski definition) is 0. The Labute approximate surface area is 122 Å². The fraction of sp³-hybridized carbons (Fsp3) is 0.588. The number of ether oxygens (including phenoxy) is 1. The maximum Gasteiger partial charge on any atom is 0.254 e. The number of rotatable bonds is 4. The SMILES string of the molecule is CC.CCc1ccc(C(=O)N2CCCC2COC)cc1. The zero-order valence-electron chi connectivity index (χ0n) is 13.2. The van der Waals surface area contributed by atoms with Crippen LogP contribution in [0.3, 0.4) is 0 Å². The second-order valence-corrected chi connectivity index (χ2v) is 4.80. The van der Waals surface area contributed by atoms with Gasteiger partial charge >= 0.3 is 0 Å². The first kappa shape index (κ1) is 16.7. The molecule has 1 heterocycles. The molecule has 1 aliphatic heterocycles. The Morgan fingerprint density at radius 3 is 2.50 bits per heavy atom. The summed E-state index contributed by atoms with van der Waals surface area (Å²) in [5.41, 5.74) is 2.05. The van der Waals surface area contributed by atoms with Crippen LogP contribution in [0.5, 0.6) is 0 Å². The maximum absolute atomic E-state index is 12.4. The fourth-order valence-electron chi connectivity index (χ4n) is 2.52. The van der Waals surface area contributed by atoms with Crippen molar-refractivity contribution in [1.29, 1.82) is 0 Å². The lowest BCUT2D eigenvalue weighted by Gasteiger charge is -2.24. The van der Waals surface area contributed by atoms with E-state index in [2.05, 4.69) is 6.92 Å². The molecular formula is C17H27NO2. The van der Waals surface area contributed by atoms with Gasteiger partial charge in [0, 0.05) is 19.2 Å². The number of methoxy groups -OCH3 is 1. The first-order valence-corrected chi connectivity index (χ1v) is 7.65. The zero-order valence-corrected chi connectivity index (χ0v) is 13.2. The molecule has 112 valence electrons. The number of hydrogen-bond acceptors (Lipinski definition) is 2. The Kier molecular flexibility index (Phi) is 7.31. The summed E-state index contributed by atoms with van der Waals surface area (Å²) < 4.78 is 5.18. The smallest absolute Gasteiger partial charge is 0.254 e. The molecule has 0 spiro atoms. The van der Waals surface area contributed by atoms with Crippen molar-refractivity contribution in [3.63, 3.8) is 0 Å². The van der Waals surface area contributed by atoms with Crippen molar-refractivity contribution in [2.45, 2.75) is 46.1 Å². The van der Waals surface area contributed by atoms with Crippen LogP contribution in [0.15, 0.2) is 24.3 Å². The van der Waals surface area contributed by atoms with Crippen molar-refractivity contribution in [3.05, 3.63) is 35.4 Å². The van der Waals surface area contributed by atoms with Gasteiger partial charge in [-0.25, -0.2) is 0 Å². The van der Waals surface area contributed by atoms with E-state index in [-0.39, 0.29) is 11.9 Å². The normalized spacial score (nSPS) is 17.6. The number of nitrogens with zero attached hydrogens (tertiary/aromatic N) is 1. The van der Waals surface area contributed by atoms with Crippen LogP contribution >= 0.6 is 0 Å². The predicted molar refractivity (Wildman–Crippen MR) is 83.1 cm³/mol. The van der Waals surface area contributed by atoms with Crippen LogP contribution in [0.25, 0.3) is 0 Å². The molecule has 0 saturated carbocycles. The number of carbonyl (C=O) groups is 1. The molecule has 0 aliphatic carbocycles. The summed E-state index contributed by atoms with van der Waals surface area (Å²) in [5.74, 6) is 0.136. The molecule has 1 saturated heterocycles. The Balaban J connectivity index is 0.000000956. The number of likely N-dealkylation sites (tertiary alicyclic amines) is 1. The molecule has 1 atom stereocenters. The van der Waals surface area contributed by atoms with Crippen molar-refractivity contribution in [1.82, 2.24) is 4.90 Å². The highest BCUT2D eigenvalue weighted by molar-refractivity contribution is 5.94. The molecule has 1 aliphatic rings. The van der Waals surface area contributed by atoms with Gasteiger partial charge in [-0.1, -0.05) is 32.9 Å². The minimum Gasteiger partial charge on any atom is -0.383 e. The highest BCUT2D eigenvalue weighted by Crippen LogP contribution is 2.20. The van der Waals surface area contributed by atoms with Crippen molar-refractivity contribution < 1.29 is 9.53 Å². The van der Waals surface area contributed by atoms with Gasteiger partial charge in [0.15, 0.2) is 0 Å². The van der Waals surface area contributed by atoms with Gasteiger partial charge in [0.05, 0.1) is 12.6 Å². The second kappa shape index (κ2) is 8.75. The second-order valence-electron chi connectivity index (χ2n) is 4.80. The molecule has 0 bridgehead atoms. The molecule has 0 radical (unpaired) electrons. The average molecular weight is 277 g/mol. The van der Waals surface area contributed by atoms with Gasteiger partial charge in [-0.05, 0) is 37.0 Å². The van der Waals surface area contributed by atoms with E-state index in [0.29, 0.717) is 6.61 Å². The summed E-state index contributed by atoms with van der Waals surface area (Å²) >= 11 is 0. The molecule has 1 unspecified atom stereocenters. The summed E-state index contributed by atoms with van der Waals surface area (Å²) in [7, 11) is 1.69. The monoisotopic (exact) mass is 277 g/mol.